The standard InChI is InChI=1S/C20H21F2NO3/c1-12-10-20(12,15-6-5-14(21)9-16(15)22)11-23-19(24)13-4-7-17(25-2)18(8-13)26-3/h4-9,12H,10-11H2,1-3H3,(H,23,24). The molecule has 0 radical (unpaired) electrons. The summed E-state index contributed by atoms with van der Waals surface area (Å²) in [6, 6.07) is 8.49. The minimum atomic E-state index is -0.607. The summed E-state index contributed by atoms with van der Waals surface area (Å²) in [6.45, 7) is 2.27. The lowest BCUT2D eigenvalue weighted by Crippen LogP contribution is -2.33. The molecule has 1 aliphatic carbocycles. The molecule has 0 aromatic heterocycles. The van der Waals surface area contributed by atoms with E-state index in [1.165, 1.54) is 26.4 Å². The number of halogens is 2. The van der Waals surface area contributed by atoms with Crippen molar-refractivity contribution in [2.24, 2.45) is 5.92 Å². The normalized spacial score (nSPS) is 21.2. The summed E-state index contributed by atoms with van der Waals surface area (Å²) in [5.41, 5.74) is 0.369. The molecule has 6 heteroatoms. The van der Waals surface area contributed by atoms with Gasteiger partial charge in [0.05, 0.1) is 14.2 Å². The Hall–Kier alpha value is -2.63. The van der Waals surface area contributed by atoms with Crippen LogP contribution >= 0.6 is 0 Å². The van der Waals surface area contributed by atoms with Crippen LogP contribution in [0, 0.1) is 17.6 Å². The topological polar surface area (TPSA) is 47.6 Å². The Balaban J connectivity index is 1.76. The van der Waals surface area contributed by atoms with Gasteiger partial charge in [0.2, 0.25) is 0 Å². The van der Waals surface area contributed by atoms with Crippen LogP contribution in [-0.2, 0) is 5.41 Å². The van der Waals surface area contributed by atoms with E-state index < -0.39 is 17.0 Å². The molecule has 0 bridgehead atoms. The number of hydrogen-bond acceptors (Lipinski definition) is 3. The Bertz CT molecular complexity index is 840. The van der Waals surface area contributed by atoms with Gasteiger partial charge in [-0.15, -0.1) is 0 Å². The van der Waals surface area contributed by atoms with Crippen LogP contribution in [0.3, 0.4) is 0 Å². The molecule has 0 saturated heterocycles. The predicted octanol–water partition coefficient (Wildman–Crippen LogP) is 3.69. The Morgan fingerprint density at radius 1 is 1.15 bits per heavy atom. The molecule has 0 spiro atoms. The van der Waals surface area contributed by atoms with Gasteiger partial charge in [0.1, 0.15) is 11.6 Å². The molecule has 1 fully saturated rings. The van der Waals surface area contributed by atoms with Gasteiger partial charge >= 0.3 is 0 Å². The molecule has 1 aliphatic rings. The first-order valence-electron chi connectivity index (χ1n) is 8.37. The van der Waals surface area contributed by atoms with Gasteiger partial charge in [-0.1, -0.05) is 13.0 Å². The highest BCUT2D eigenvalue weighted by molar-refractivity contribution is 5.95. The molecule has 1 N–H and O–H groups in total. The number of nitrogens with one attached hydrogen (secondary N) is 1. The lowest BCUT2D eigenvalue weighted by molar-refractivity contribution is 0.0948. The van der Waals surface area contributed by atoms with E-state index in [-0.39, 0.29) is 18.4 Å². The van der Waals surface area contributed by atoms with Crippen molar-refractivity contribution in [3.05, 3.63) is 59.2 Å². The van der Waals surface area contributed by atoms with Crippen LogP contribution in [0.25, 0.3) is 0 Å². The Kier molecular flexibility index (Phi) is 4.85. The number of methoxy groups -OCH3 is 2. The highest BCUT2D eigenvalue weighted by Gasteiger charge is 2.53. The van der Waals surface area contributed by atoms with Gasteiger partial charge in [0.15, 0.2) is 11.5 Å². The summed E-state index contributed by atoms with van der Waals surface area (Å²) < 4.78 is 37.8. The van der Waals surface area contributed by atoms with Crippen LogP contribution in [0.4, 0.5) is 8.78 Å². The van der Waals surface area contributed by atoms with Crippen molar-refractivity contribution in [2.75, 3.05) is 20.8 Å². The van der Waals surface area contributed by atoms with Gasteiger partial charge < -0.3 is 14.8 Å². The minimum Gasteiger partial charge on any atom is -0.493 e. The number of amides is 1. The number of ether oxygens (including phenoxy) is 2. The molecule has 2 atom stereocenters. The zero-order chi connectivity index (χ0) is 18.9. The van der Waals surface area contributed by atoms with Crippen molar-refractivity contribution < 1.29 is 23.0 Å². The monoisotopic (exact) mass is 361 g/mol. The fourth-order valence-corrected chi connectivity index (χ4v) is 3.42. The van der Waals surface area contributed by atoms with E-state index in [4.69, 9.17) is 9.47 Å². The minimum absolute atomic E-state index is 0.202. The first kappa shape index (κ1) is 18.2. The zero-order valence-corrected chi connectivity index (χ0v) is 14.9. The zero-order valence-electron chi connectivity index (χ0n) is 14.9. The van der Waals surface area contributed by atoms with E-state index in [0.717, 1.165) is 12.5 Å². The second-order valence-corrected chi connectivity index (χ2v) is 6.64. The average Bonchev–Trinajstić information content (AvgIpc) is 3.29. The summed E-state index contributed by atoms with van der Waals surface area (Å²) in [7, 11) is 3.02. The quantitative estimate of drug-likeness (QED) is 0.854. The van der Waals surface area contributed by atoms with Crippen molar-refractivity contribution in [3.8, 4) is 11.5 Å². The van der Waals surface area contributed by atoms with Gasteiger partial charge in [0.25, 0.3) is 5.91 Å². The molecule has 26 heavy (non-hydrogen) atoms. The molecule has 2 aromatic carbocycles. The van der Waals surface area contributed by atoms with Gasteiger partial charge in [-0.2, -0.15) is 0 Å². The van der Waals surface area contributed by atoms with Crippen molar-refractivity contribution in [3.63, 3.8) is 0 Å². The van der Waals surface area contributed by atoms with E-state index in [9.17, 15) is 13.6 Å². The molecule has 0 heterocycles. The van der Waals surface area contributed by atoms with Crippen LogP contribution in [-0.4, -0.2) is 26.7 Å². The lowest BCUT2D eigenvalue weighted by Gasteiger charge is -2.19. The van der Waals surface area contributed by atoms with Crippen LogP contribution in [0.15, 0.2) is 36.4 Å². The molecule has 2 unspecified atom stereocenters. The van der Waals surface area contributed by atoms with E-state index in [1.807, 2.05) is 6.92 Å². The first-order chi connectivity index (χ1) is 12.4. The SMILES string of the molecule is COc1ccc(C(=O)NCC2(c3ccc(F)cc3F)CC2C)cc1OC. The summed E-state index contributed by atoms with van der Waals surface area (Å²) >= 11 is 0. The number of rotatable bonds is 6. The molecule has 0 aliphatic heterocycles. The summed E-state index contributed by atoms with van der Waals surface area (Å²) in [5, 5.41) is 2.87. The highest BCUT2D eigenvalue weighted by Crippen LogP contribution is 2.54. The van der Waals surface area contributed by atoms with Gasteiger partial charge in [-0.05, 0) is 42.2 Å². The smallest absolute Gasteiger partial charge is 0.251 e. The number of carbonyl (C=O) groups is 1. The van der Waals surface area contributed by atoms with E-state index in [2.05, 4.69) is 5.32 Å². The molecule has 1 saturated carbocycles. The first-order valence-corrected chi connectivity index (χ1v) is 8.37. The third-order valence-electron chi connectivity index (χ3n) is 5.13. The summed E-state index contributed by atoms with van der Waals surface area (Å²) in [6.07, 6.45) is 0.738. The number of hydrogen-bond donors (Lipinski definition) is 1. The fourth-order valence-electron chi connectivity index (χ4n) is 3.42. The predicted molar refractivity (Wildman–Crippen MR) is 93.7 cm³/mol. The van der Waals surface area contributed by atoms with Crippen LogP contribution < -0.4 is 14.8 Å². The van der Waals surface area contributed by atoms with E-state index in [1.54, 1.807) is 18.2 Å². The molecule has 4 nitrogen and oxygen atoms in total. The molecule has 138 valence electrons. The Morgan fingerprint density at radius 2 is 1.85 bits per heavy atom. The molecule has 3 rings (SSSR count). The highest BCUT2D eigenvalue weighted by atomic mass is 19.1. The number of benzene rings is 2. The van der Waals surface area contributed by atoms with Gasteiger partial charge in [-0.25, -0.2) is 8.78 Å². The average molecular weight is 361 g/mol. The maximum atomic E-state index is 14.2. The largest absolute Gasteiger partial charge is 0.493 e. The van der Waals surface area contributed by atoms with Crippen molar-refractivity contribution in [1.82, 2.24) is 5.32 Å². The third-order valence-corrected chi connectivity index (χ3v) is 5.13. The van der Waals surface area contributed by atoms with Crippen molar-refractivity contribution in [2.45, 2.75) is 18.8 Å². The van der Waals surface area contributed by atoms with Crippen LogP contribution in [0.2, 0.25) is 0 Å². The fraction of sp³-hybridized carbons (Fsp3) is 0.350. The number of carbonyl (C=O) groups excluding carboxylic acids is 1. The molecular formula is C20H21F2NO3. The maximum Gasteiger partial charge on any atom is 0.251 e. The molecule has 2 aromatic rings. The van der Waals surface area contributed by atoms with Crippen LogP contribution in [0.1, 0.15) is 29.3 Å². The summed E-state index contributed by atoms with van der Waals surface area (Å²) in [4.78, 5) is 12.5. The van der Waals surface area contributed by atoms with Crippen LogP contribution in [0.5, 0.6) is 11.5 Å². The Morgan fingerprint density at radius 3 is 2.42 bits per heavy atom. The second-order valence-electron chi connectivity index (χ2n) is 6.64. The Labute approximate surface area is 151 Å². The molecular weight excluding hydrogens is 340 g/mol. The van der Waals surface area contributed by atoms with Gasteiger partial charge in [0, 0.05) is 23.6 Å². The second kappa shape index (κ2) is 6.94. The van der Waals surface area contributed by atoms with E-state index in [0.29, 0.717) is 22.6 Å². The van der Waals surface area contributed by atoms with Crippen molar-refractivity contribution >= 4 is 5.91 Å². The van der Waals surface area contributed by atoms with Gasteiger partial charge in [-0.3, -0.25) is 4.79 Å². The van der Waals surface area contributed by atoms with E-state index >= 15 is 0 Å². The summed E-state index contributed by atoms with van der Waals surface area (Å²) in [5.74, 6) is -0.275. The lowest BCUT2D eigenvalue weighted by atomic mass is 9.92. The third kappa shape index (κ3) is 3.23. The molecule has 1 amide bonds. The van der Waals surface area contributed by atoms with Crippen molar-refractivity contribution in [1.29, 1.82) is 0 Å². The maximum absolute atomic E-state index is 14.2.